The zero-order valence-electron chi connectivity index (χ0n) is 12.1. The molecule has 4 atom stereocenters. The Balaban J connectivity index is 1.58. The molecule has 0 spiro atoms. The first kappa shape index (κ1) is 12.6. The van der Waals surface area contributed by atoms with E-state index < -0.39 is 0 Å². The van der Waals surface area contributed by atoms with E-state index in [4.69, 9.17) is 0 Å². The first-order chi connectivity index (χ1) is 9.72. The van der Waals surface area contributed by atoms with Crippen LogP contribution >= 0.6 is 11.3 Å². The molecule has 0 aromatic carbocycles. The van der Waals surface area contributed by atoms with Gasteiger partial charge in [0.05, 0.1) is 10.2 Å². The Morgan fingerprint density at radius 3 is 2.95 bits per heavy atom. The van der Waals surface area contributed by atoms with Crippen molar-refractivity contribution in [2.75, 3.05) is 5.32 Å². The van der Waals surface area contributed by atoms with Crippen molar-refractivity contribution in [1.29, 1.82) is 0 Å². The number of anilines is 1. The molecule has 2 bridgehead atoms. The van der Waals surface area contributed by atoms with Crippen molar-refractivity contribution in [2.45, 2.75) is 45.6 Å². The van der Waals surface area contributed by atoms with Gasteiger partial charge in [-0.15, -0.1) is 11.3 Å². The summed E-state index contributed by atoms with van der Waals surface area (Å²) in [7, 11) is 0. The van der Waals surface area contributed by atoms with Gasteiger partial charge in [0.1, 0.15) is 12.1 Å². The van der Waals surface area contributed by atoms with Gasteiger partial charge in [-0.3, -0.25) is 0 Å². The molecule has 2 saturated carbocycles. The van der Waals surface area contributed by atoms with E-state index in [2.05, 4.69) is 34.5 Å². The van der Waals surface area contributed by atoms with E-state index in [9.17, 15) is 0 Å². The predicted molar refractivity (Wildman–Crippen MR) is 84.2 cm³/mol. The molecular formula is C16H21N3S. The molecule has 2 heterocycles. The van der Waals surface area contributed by atoms with Crippen LogP contribution in [0.4, 0.5) is 5.82 Å². The second-order valence-electron chi connectivity index (χ2n) is 6.59. The topological polar surface area (TPSA) is 37.8 Å². The lowest BCUT2D eigenvalue weighted by molar-refractivity contribution is 0.304. The van der Waals surface area contributed by atoms with E-state index in [0.29, 0.717) is 6.04 Å². The zero-order chi connectivity index (χ0) is 13.7. The Bertz CT molecular complexity index is 636. The van der Waals surface area contributed by atoms with Crippen molar-refractivity contribution in [2.24, 2.45) is 17.8 Å². The van der Waals surface area contributed by atoms with E-state index in [-0.39, 0.29) is 0 Å². The smallest absolute Gasteiger partial charge is 0.147 e. The van der Waals surface area contributed by atoms with Crippen LogP contribution in [0, 0.1) is 24.7 Å². The Morgan fingerprint density at radius 2 is 2.20 bits per heavy atom. The van der Waals surface area contributed by atoms with Gasteiger partial charge in [0.2, 0.25) is 0 Å². The number of fused-ring (bicyclic) bond motifs is 3. The molecule has 0 aliphatic heterocycles. The number of nitrogens with zero attached hydrogens (tertiary/aromatic N) is 2. The fourth-order valence-electron chi connectivity index (χ4n) is 4.30. The molecule has 20 heavy (non-hydrogen) atoms. The minimum absolute atomic E-state index is 0.519. The third-order valence-electron chi connectivity index (χ3n) is 5.33. The Hall–Kier alpha value is -1.16. The van der Waals surface area contributed by atoms with Crippen LogP contribution in [0.2, 0.25) is 0 Å². The minimum atomic E-state index is 0.519. The molecule has 0 radical (unpaired) electrons. The lowest BCUT2D eigenvalue weighted by Gasteiger charge is -2.28. The fraction of sp³-hybridized carbons (Fsp3) is 0.625. The highest BCUT2D eigenvalue weighted by Gasteiger charge is 2.41. The molecule has 4 rings (SSSR count). The van der Waals surface area contributed by atoms with Crippen LogP contribution in [0.1, 0.15) is 38.2 Å². The highest BCUT2D eigenvalue weighted by Crippen LogP contribution is 2.50. The molecule has 1 N–H and O–H groups in total. The van der Waals surface area contributed by atoms with Gasteiger partial charge in [-0.05, 0) is 61.8 Å². The Morgan fingerprint density at radius 1 is 1.30 bits per heavy atom. The summed E-state index contributed by atoms with van der Waals surface area (Å²) in [4.78, 5) is 8.89. The third-order valence-corrected chi connectivity index (χ3v) is 6.42. The van der Waals surface area contributed by atoms with Crippen molar-refractivity contribution in [3.05, 3.63) is 17.3 Å². The molecule has 2 aliphatic carbocycles. The average molecular weight is 287 g/mol. The van der Waals surface area contributed by atoms with Crippen LogP contribution in [0.3, 0.4) is 0 Å². The first-order valence-corrected chi connectivity index (χ1v) is 8.55. The summed E-state index contributed by atoms with van der Waals surface area (Å²) in [6, 6.07) is 0.519. The van der Waals surface area contributed by atoms with Crippen LogP contribution in [-0.2, 0) is 0 Å². The average Bonchev–Trinajstić information content (AvgIpc) is 3.15. The third kappa shape index (κ3) is 1.93. The maximum atomic E-state index is 4.48. The molecule has 2 aromatic rings. The number of thiophene rings is 1. The van der Waals surface area contributed by atoms with Gasteiger partial charge in [-0.1, -0.05) is 6.42 Å². The summed E-state index contributed by atoms with van der Waals surface area (Å²) in [6.45, 7) is 4.45. The second kappa shape index (κ2) is 4.69. The van der Waals surface area contributed by atoms with E-state index in [1.165, 1.54) is 35.9 Å². The zero-order valence-corrected chi connectivity index (χ0v) is 12.9. The molecule has 3 nitrogen and oxygen atoms in total. The van der Waals surface area contributed by atoms with E-state index in [1.54, 1.807) is 17.7 Å². The number of hydrogen-bond donors (Lipinski definition) is 1. The van der Waals surface area contributed by atoms with Crippen LogP contribution < -0.4 is 5.32 Å². The lowest BCUT2D eigenvalue weighted by atomic mass is 9.84. The van der Waals surface area contributed by atoms with E-state index >= 15 is 0 Å². The largest absolute Gasteiger partial charge is 0.366 e. The maximum absolute atomic E-state index is 4.48. The number of hydrogen-bond acceptors (Lipinski definition) is 4. The first-order valence-electron chi connectivity index (χ1n) is 7.67. The van der Waals surface area contributed by atoms with Crippen molar-refractivity contribution < 1.29 is 0 Å². The SMILES string of the molecule is Cc1csc2c(NC(C)C3CC4CCC3C4)ncnc12. The Kier molecular flexibility index (Phi) is 2.95. The lowest BCUT2D eigenvalue weighted by Crippen LogP contribution is -2.30. The summed E-state index contributed by atoms with van der Waals surface area (Å²) >= 11 is 1.75. The van der Waals surface area contributed by atoms with Crippen molar-refractivity contribution >= 4 is 27.4 Å². The summed E-state index contributed by atoms with van der Waals surface area (Å²) < 4.78 is 1.21. The standard InChI is InChI=1S/C16H21N3S/c1-9-7-20-15-14(9)17-8-18-16(15)19-10(2)13-6-11-3-4-12(13)5-11/h7-8,10-13H,3-6H2,1-2H3,(H,17,18,19). The van der Waals surface area contributed by atoms with Gasteiger partial charge in [0, 0.05) is 6.04 Å². The molecule has 4 heteroatoms. The van der Waals surface area contributed by atoms with Gasteiger partial charge < -0.3 is 5.32 Å². The Labute approximate surface area is 123 Å². The van der Waals surface area contributed by atoms with Crippen LogP contribution in [0.5, 0.6) is 0 Å². The predicted octanol–water partition coefficient (Wildman–Crippen LogP) is 4.24. The summed E-state index contributed by atoms with van der Waals surface area (Å²) in [6.07, 6.45) is 7.48. The number of nitrogens with one attached hydrogen (secondary N) is 1. The normalized spacial score (nSPS) is 30.0. The van der Waals surface area contributed by atoms with Crippen LogP contribution in [0.15, 0.2) is 11.7 Å². The van der Waals surface area contributed by atoms with Gasteiger partial charge in [0.15, 0.2) is 0 Å². The van der Waals surface area contributed by atoms with Crippen molar-refractivity contribution in [1.82, 2.24) is 9.97 Å². The monoisotopic (exact) mass is 287 g/mol. The number of rotatable bonds is 3. The summed E-state index contributed by atoms with van der Waals surface area (Å²) in [5.74, 6) is 3.82. The van der Waals surface area contributed by atoms with Crippen molar-refractivity contribution in [3.8, 4) is 0 Å². The van der Waals surface area contributed by atoms with Gasteiger partial charge in [-0.2, -0.15) is 0 Å². The molecular weight excluding hydrogens is 266 g/mol. The van der Waals surface area contributed by atoms with Gasteiger partial charge in [-0.25, -0.2) is 9.97 Å². The number of aromatic nitrogens is 2. The second-order valence-corrected chi connectivity index (χ2v) is 7.47. The molecule has 0 amide bonds. The molecule has 2 fully saturated rings. The highest BCUT2D eigenvalue weighted by atomic mass is 32.1. The van der Waals surface area contributed by atoms with E-state index in [1.807, 2.05) is 0 Å². The van der Waals surface area contributed by atoms with Crippen LogP contribution in [0.25, 0.3) is 10.2 Å². The van der Waals surface area contributed by atoms with E-state index in [0.717, 1.165) is 29.1 Å². The molecule has 106 valence electrons. The summed E-state index contributed by atoms with van der Waals surface area (Å²) in [5.41, 5.74) is 2.36. The van der Waals surface area contributed by atoms with Crippen molar-refractivity contribution in [3.63, 3.8) is 0 Å². The maximum Gasteiger partial charge on any atom is 0.147 e. The number of aryl methyl sites for hydroxylation is 1. The van der Waals surface area contributed by atoms with Gasteiger partial charge in [0.25, 0.3) is 0 Å². The molecule has 4 unspecified atom stereocenters. The quantitative estimate of drug-likeness (QED) is 0.917. The highest BCUT2D eigenvalue weighted by molar-refractivity contribution is 7.18. The minimum Gasteiger partial charge on any atom is -0.366 e. The molecule has 2 aromatic heterocycles. The molecule has 0 saturated heterocycles. The van der Waals surface area contributed by atoms with Gasteiger partial charge >= 0.3 is 0 Å². The fourth-order valence-corrected chi connectivity index (χ4v) is 5.26. The van der Waals surface area contributed by atoms with Crippen LogP contribution in [-0.4, -0.2) is 16.0 Å². The summed E-state index contributed by atoms with van der Waals surface area (Å²) in [5, 5.41) is 5.86. The molecule has 2 aliphatic rings.